The lowest BCUT2D eigenvalue weighted by Gasteiger charge is -2.38. The Balaban J connectivity index is 1.51. The number of anilines is 2. The molecule has 38 heavy (non-hydrogen) atoms. The fourth-order valence-electron chi connectivity index (χ4n) is 5.38. The zero-order chi connectivity index (χ0) is 26.8. The van der Waals surface area contributed by atoms with Crippen LogP contribution in [0.5, 0.6) is 5.75 Å². The monoisotopic (exact) mass is 531 g/mol. The number of piperidine rings is 1. The number of nitrogens with one attached hydrogen (secondary N) is 3. The van der Waals surface area contributed by atoms with Crippen molar-refractivity contribution in [2.45, 2.75) is 71.0 Å². The molecule has 0 unspecified atom stereocenters. The third-order valence-electron chi connectivity index (χ3n) is 7.74. The van der Waals surface area contributed by atoms with Gasteiger partial charge in [-0.1, -0.05) is 32.8 Å². The van der Waals surface area contributed by atoms with E-state index in [1.165, 1.54) is 6.07 Å². The molecule has 206 valence electrons. The van der Waals surface area contributed by atoms with Crippen LogP contribution in [0.15, 0.2) is 24.4 Å². The fraction of sp³-hybridized carbons (Fsp3) is 0.593. The first kappa shape index (κ1) is 26.5. The second-order valence-corrected chi connectivity index (χ2v) is 10.8. The van der Waals surface area contributed by atoms with Crippen molar-refractivity contribution in [2.75, 3.05) is 36.9 Å². The number of benzene rings is 1. The van der Waals surface area contributed by atoms with E-state index < -0.39 is 11.7 Å². The Morgan fingerprint density at radius 2 is 1.84 bits per heavy atom. The molecule has 5 rings (SSSR count). The predicted octanol–water partition coefficient (Wildman–Crippen LogP) is 5.61. The van der Waals surface area contributed by atoms with Crippen LogP contribution in [0.3, 0.4) is 0 Å². The molecule has 3 aromatic rings. The smallest absolute Gasteiger partial charge is 0.416 e. The lowest BCUT2D eigenvalue weighted by molar-refractivity contribution is -0.137. The lowest BCUT2D eigenvalue weighted by Crippen LogP contribution is -2.41. The van der Waals surface area contributed by atoms with Gasteiger partial charge in [0.05, 0.1) is 18.4 Å². The molecule has 8 nitrogen and oxygen atoms in total. The van der Waals surface area contributed by atoms with Gasteiger partial charge in [-0.25, -0.2) is 0 Å². The van der Waals surface area contributed by atoms with Crippen LogP contribution in [-0.4, -0.2) is 45.8 Å². The molecule has 1 saturated heterocycles. The summed E-state index contributed by atoms with van der Waals surface area (Å²) in [5, 5.41) is 14.8. The van der Waals surface area contributed by atoms with Crippen molar-refractivity contribution in [3.63, 3.8) is 0 Å². The van der Waals surface area contributed by atoms with Crippen molar-refractivity contribution in [1.82, 2.24) is 24.9 Å². The van der Waals surface area contributed by atoms with Gasteiger partial charge in [-0.2, -0.15) is 32.8 Å². The second kappa shape index (κ2) is 11.0. The highest BCUT2D eigenvalue weighted by Gasteiger charge is 2.33. The fourth-order valence-corrected chi connectivity index (χ4v) is 5.38. The molecule has 4 heterocycles. The first-order valence-corrected chi connectivity index (χ1v) is 13.5. The summed E-state index contributed by atoms with van der Waals surface area (Å²) in [6.45, 7) is 7.54. The molecular formula is C27H36F3N7O. The highest BCUT2D eigenvalue weighted by atomic mass is 19.4. The van der Waals surface area contributed by atoms with Gasteiger partial charge in [0.15, 0.2) is 5.65 Å². The molecule has 2 bridgehead atoms. The van der Waals surface area contributed by atoms with E-state index in [-0.39, 0.29) is 23.6 Å². The second-order valence-electron chi connectivity index (χ2n) is 10.8. The van der Waals surface area contributed by atoms with E-state index in [1.54, 1.807) is 10.7 Å². The zero-order valence-corrected chi connectivity index (χ0v) is 22.0. The summed E-state index contributed by atoms with van der Waals surface area (Å²) < 4.78 is 47.9. The summed E-state index contributed by atoms with van der Waals surface area (Å²) in [5.74, 6) is 1.45. The zero-order valence-electron chi connectivity index (χ0n) is 22.0. The number of halogens is 3. The summed E-state index contributed by atoms with van der Waals surface area (Å²) in [5.41, 5.74) is 1.76. The summed E-state index contributed by atoms with van der Waals surface area (Å²) in [6, 6.07) is 3.65. The third-order valence-corrected chi connectivity index (χ3v) is 7.74. The number of nitrogens with zero attached hydrogens (tertiary/aromatic N) is 4. The van der Waals surface area contributed by atoms with Crippen LogP contribution < -0.4 is 20.7 Å². The van der Waals surface area contributed by atoms with Gasteiger partial charge in [-0.05, 0) is 62.2 Å². The minimum atomic E-state index is -4.44. The van der Waals surface area contributed by atoms with E-state index >= 15 is 0 Å². The van der Waals surface area contributed by atoms with Crippen molar-refractivity contribution < 1.29 is 17.9 Å². The van der Waals surface area contributed by atoms with E-state index in [2.05, 4.69) is 34.9 Å². The standard InChI is InChI=1S/C27H36F3N7O/c1-18(2)21-16-34-37-23(21)35-24-33-17-26(9-11-31-12-10-26)8-4-3-5-13-38-22-14-20(27(28,29)30)7-6-19(22)15-32-25(37)36-24/h6-7,14,16,18,31H,3-5,8-13,15,17H2,1-2H3,(H2,32,33,35,36). The number of hydrogen-bond acceptors (Lipinski definition) is 7. The summed E-state index contributed by atoms with van der Waals surface area (Å²) in [4.78, 5) is 9.57. The van der Waals surface area contributed by atoms with Crippen LogP contribution in [0.1, 0.15) is 75.0 Å². The van der Waals surface area contributed by atoms with Crippen LogP contribution in [0.2, 0.25) is 0 Å². The molecule has 0 aliphatic carbocycles. The Kier molecular flexibility index (Phi) is 7.65. The first-order chi connectivity index (χ1) is 18.2. The number of ether oxygens (including phenoxy) is 1. The molecule has 1 spiro atoms. The molecular weight excluding hydrogens is 495 g/mol. The van der Waals surface area contributed by atoms with E-state index in [1.807, 2.05) is 0 Å². The van der Waals surface area contributed by atoms with Crippen molar-refractivity contribution in [1.29, 1.82) is 0 Å². The SMILES string of the molecule is CC(C)c1cnn2c3nc(nc12)NCC1(CCCCCOc2cc(C(F)(F)F)ccc2CN3)CCNCC1. The van der Waals surface area contributed by atoms with Crippen LogP contribution in [0.4, 0.5) is 25.1 Å². The summed E-state index contributed by atoms with van der Waals surface area (Å²) in [7, 11) is 0. The molecule has 0 atom stereocenters. The van der Waals surface area contributed by atoms with Crippen molar-refractivity contribution in [3.05, 3.63) is 41.1 Å². The first-order valence-electron chi connectivity index (χ1n) is 13.5. The van der Waals surface area contributed by atoms with Crippen molar-refractivity contribution in [3.8, 4) is 5.75 Å². The van der Waals surface area contributed by atoms with Gasteiger partial charge in [0, 0.05) is 24.2 Å². The highest BCUT2D eigenvalue weighted by molar-refractivity contribution is 5.56. The molecule has 3 N–H and O–H groups in total. The molecule has 11 heteroatoms. The molecule has 0 radical (unpaired) electrons. The minimum Gasteiger partial charge on any atom is -0.493 e. The van der Waals surface area contributed by atoms with Crippen LogP contribution in [0, 0.1) is 5.41 Å². The average molecular weight is 532 g/mol. The quantitative estimate of drug-likeness (QED) is 0.376. The maximum atomic E-state index is 13.4. The van der Waals surface area contributed by atoms with Crippen LogP contribution in [-0.2, 0) is 12.7 Å². The van der Waals surface area contributed by atoms with Crippen molar-refractivity contribution >= 4 is 17.5 Å². The Morgan fingerprint density at radius 1 is 1.03 bits per heavy atom. The number of rotatable bonds is 1. The average Bonchev–Trinajstić information content (AvgIpc) is 3.32. The Bertz CT molecular complexity index is 1250. The lowest BCUT2D eigenvalue weighted by atomic mass is 9.75. The van der Waals surface area contributed by atoms with Gasteiger partial charge in [0.1, 0.15) is 5.75 Å². The number of alkyl halides is 3. The molecule has 2 aromatic heterocycles. The Labute approximate surface area is 220 Å². The number of fused-ring (bicyclic) bond motifs is 5. The molecule has 1 fully saturated rings. The van der Waals surface area contributed by atoms with Gasteiger partial charge in [0.25, 0.3) is 0 Å². The topological polar surface area (TPSA) is 88.4 Å². The highest BCUT2D eigenvalue weighted by Crippen LogP contribution is 2.36. The maximum absolute atomic E-state index is 13.4. The van der Waals surface area contributed by atoms with E-state index in [0.717, 1.165) is 75.9 Å². The number of aromatic nitrogens is 4. The van der Waals surface area contributed by atoms with Gasteiger partial charge in [-0.3, -0.25) is 0 Å². The van der Waals surface area contributed by atoms with E-state index in [4.69, 9.17) is 14.7 Å². The summed E-state index contributed by atoms with van der Waals surface area (Å²) in [6.07, 6.45) is 3.35. The normalized spacial score (nSPS) is 19.0. The van der Waals surface area contributed by atoms with Crippen LogP contribution >= 0.6 is 0 Å². The largest absolute Gasteiger partial charge is 0.493 e. The molecule has 0 saturated carbocycles. The van der Waals surface area contributed by atoms with Crippen molar-refractivity contribution in [2.24, 2.45) is 5.41 Å². The van der Waals surface area contributed by atoms with Gasteiger partial charge in [-0.15, -0.1) is 0 Å². The Morgan fingerprint density at radius 3 is 2.61 bits per heavy atom. The molecule has 0 amide bonds. The molecule has 2 aliphatic heterocycles. The Hall–Kier alpha value is -3.08. The predicted molar refractivity (Wildman–Crippen MR) is 141 cm³/mol. The van der Waals surface area contributed by atoms with E-state index in [9.17, 15) is 13.2 Å². The number of hydrogen-bond donors (Lipinski definition) is 3. The van der Waals surface area contributed by atoms with Gasteiger partial charge in [0.2, 0.25) is 11.9 Å². The molecule has 1 aromatic carbocycles. The third kappa shape index (κ3) is 5.82. The van der Waals surface area contributed by atoms with E-state index in [0.29, 0.717) is 29.7 Å². The minimum absolute atomic E-state index is 0.140. The molecule has 2 aliphatic rings. The summed E-state index contributed by atoms with van der Waals surface area (Å²) >= 11 is 0. The maximum Gasteiger partial charge on any atom is 0.416 e. The van der Waals surface area contributed by atoms with Gasteiger partial charge < -0.3 is 20.7 Å². The van der Waals surface area contributed by atoms with Gasteiger partial charge >= 0.3 is 6.18 Å². The van der Waals surface area contributed by atoms with Crippen LogP contribution in [0.25, 0.3) is 5.65 Å².